The van der Waals surface area contributed by atoms with Crippen LogP contribution >= 0.6 is 22.9 Å². The number of nitrogens with zero attached hydrogens (tertiary/aromatic N) is 5. The van der Waals surface area contributed by atoms with Gasteiger partial charge in [-0.05, 0) is 18.9 Å². The number of nitrogens with one attached hydrogen (secondary N) is 1. The molecule has 4 rings (SSSR count). The van der Waals surface area contributed by atoms with Crippen molar-refractivity contribution in [1.82, 2.24) is 24.9 Å². The summed E-state index contributed by atoms with van der Waals surface area (Å²) < 4.78 is 108. The highest BCUT2D eigenvalue weighted by Gasteiger charge is 2.64. The summed E-state index contributed by atoms with van der Waals surface area (Å²) in [7, 11) is 0.759. The van der Waals surface area contributed by atoms with Crippen molar-refractivity contribution < 1.29 is 39.9 Å². The highest BCUT2D eigenvalue weighted by Crippen LogP contribution is 2.49. The lowest BCUT2D eigenvalue weighted by Gasteiger charge is -2.19. The van der Waals surface area contributed by atoms with Crippen LogP contribution in [0.2, 0.25) is 4.34 Å². The lowest BCUT2D eigenvalue weighted by molar-refractivity contribution is -0.292. The van der Waals surface area contributed by atoms with Gasteiger partial charge in [0.15, 0.2) is 11.5 Å². The number of hydrogen-bond acceptors (Lipinski definition) is 5. The number of halogens is 9. The van der Waals surface area contributed by atoms with Gasteiger partial charge in [0.2, 0.25) is 0 Å². The van der Waals surface area contributed by atoms with Crippen LogP contribution in [0.3, 0.4) is 0 Å². The fraction of sp³-hybridized carbons (Fsp3) is 0.368. The van der Waals surface area contributed by atoms with E-state index in [0.29, 0.717) is 17.5 Å². The molecule has 1 aliphatic carbocycles. The number of aromatic nitrogens is 4. The second kappa shape index (κ2) is 8.17. The summed E-state index contributed by atoms with van der Waals surface area (Å²) in [4.78, 5) is 12.7. The Labute approximate surface area is 204 Å². The molecule has 7 nitrogen and oxygen atoms in total. The maximum atomic E-state index is 13.9. The summed E-state index contributed by atoms with van der Waals surface area (Å²) in [5, 5.41) is 18.1. The Morgan fingerprint density at radius 2 is 1.86 bits per heavy atom. The van der Waals surface area contributed by atoms with E-state index in [4.69, 9.17) is 16.9 Å². The van der Waals surface area contributed by atoms with Crippen LogP contribution in [0.4, 0.5) is 35.1 Å². The highest BCUT2D eigenvalue weighted by atomic mass is 35.5. The first-order valence-electron chi connectivity index (χ1n) is 9.68. The quantitative estimate of drug-likeness (QED) is 0.422. The number of hydrogen-bond donors (Lipinski definition) is 1. The third-order valence-corrected chi connectivity index (χ3v) is 6.69. The van der Waals surface area contributed by atoms with Crippen molar-refractivity contribution in [1.29, 1.82) is 5.26 Å². The Morgan fingerprint density at radius 3 is 2.39 bits per heavy atom. The maximum Gasteiger partial charge on any atom is 0.459 e. The number of amides is 1. The number of nitriles is 1. The molecule has 1 amide bonds. The molecule has 3 aromatic rings. The first-order chi connectivity index (χ1) is 16.5. The first kappa shape index (κ1) is 25.9. The molecule has 192 valence electrons. The number of alkyl halides is 8. The predicted octanol–water partition coefficient (Wildman–Crippen LogP) is 5.45. The summed E-state index contributed by atoms with van der Waals surface area (Å²) in [5.74, 6) is -7.73. The average molecular weight is 559 g/mol. The molecule has 0 saturated heterocycles. The van der Waals surface area contributed by atoms with Crippen molar-refractivity contribution in [2.24, 2.45) is 7.05 Å². The molecule has 0 aromatic carbocycles. The zero-order chi connectivity index (χ0) is 26.8. The van der Waals surface area contributed by atoms with Crippen molar-refractivity contribution in [2.45, 2.75) is 36.7 Å². The number of thiophene rings is 1. The average Bonchev–Trinajstić information content (AvgIpc) is 3.08. The smallest absolute Gasteiger partial charge is 0.334 e. The normalized spacial score (nSPS) is 15.6. The van der Waals surface area contributed by atoms with Crippen LogP contribution in [0.5, 0.6) is 0 Å². The number of rotatable bonds is 5. The Kier molecular flexibility index (Phi) is 5.87. The highest BCUT2D eigenvalue weighted by molar-refractivity contribution is 7.19. The molecule has 3 aromatic heterocycles. The zero-order valence-electron chi connectivity index (χ0n) is 17.6. The van der Waals surface area contributed by atoms with Gasteiger partial charge in [-0.2, -0.15) is 50.6 Å². The standard InChI is InChI=1S/C19H11ClF8N6OS/c1-33-15(11(18(23,24)25)12(32-33)17(21,22)19(26,27)28)34-6-8(5-30-34)10-4-9(13(20)36-10)14(35)31-16(7-29)2-3-16/h4-6H,2-3H2,1H3,(H,31,35). The summed E-state index contributed by atoms with van der Waals surface area (Å²) in [5.41, 5.74) is -5.74. The minimum absolute atomic E-state index is 0.00684. The van der Waals surface area contributed by atoms with Gasteiger partial charge in [-0.3, -0.25) is 4.79 Å². The third-order valence-electron chi connectivity index (χ3n) is 5.29. The van der Waals surface area contributed by atoms with Gasteiger partial charge in [-0.15, -0.1) is 11.3 Å². The largest absolute Gasteiger partial charge is 0.459 e. The van der Waals surface area contributed by atoms with E-state index in [2.05, 4.69) is 15.5 Å². The zero-order valence-corrected chi connectivity index (χ0v) is 19.2. The molecule has 1 N–H and O–H groups in total. The minimum Gasteiger partial charge on any atom is -0.334 e. The number of aryl methyl sites for hydroxylation is 1. The third kappa shape index (κ3) is 4.30. The molecule has 1 saturated carbocycles. The van der Waals surface area contributed by atoms with E-state index in [-0.39, 0.29) is 25.0 Å². The van der Waals surface area contributed by atoms with Crippen molar-refractivity contribution in [2.75, 3.05) is 0 Å². The van der Waals surface area contributed by atoms with E-state index in [1.807, 2.05) is 6.07 Å². The Bertz CT molecular complexity index is 1390. The van der Waals surface area contributed by atoms with Gasteiger partial charge < -0.3 is 5.32 Å². The van der Waals surface area contributed by atoms with Gasteiger partial charge in [0, 0.05) is 23.7 Å². The molecule has 1 aliphatic rings. The summed E-state index contributed by atoms with van der Waals surface area (Å²) in [6.45, 7) is 0. The molecule has 1 fully saturated rings. The van der Waals surface area contributed by atoms with Crippen LogP contribution in [-0.4, -0.2) is 37.2 Å². The lowest BCUT2D eigenvalue weighted by Crippen LogP contribution is -2.36. The van der Waals surface area contributed by atoms with E-state index >= 15 is 0 Å². The Hall–Kier alpha value is -3.19. The molecule has 0 unspecified atom stereocenters. The van der Waals surface area contributed by atoms with Gasteiger partial charge in [0.05, 0.1) is 17.8 Å². The molecule has 0 radical (unpaired) electrons. The number of carbonyl (C=O) groups excluding carboxylic acids is 1. The minimum atomic E-state index is -6.33. The van der Waals surface area contributed by atoms with Crippen molar-refractivity contribution in [3.8, 4) is 22.3 Å². The van der Waals surface area contributed by atoms with Crippen LogP contribution in [-0.2, 0) is 19.1 Å². The molecular weight excluding hydrogens is 548 g/mol. The second-order valence-corrected chi connectivity index (χ2v) is 9.51. The van der Waals surface area contributed by atoms with Gasteiger partial charge in [-0.25, -0.2) is 9.36 Å². The van der Waals surface area contributed by atoms with Crippen LogP contribution in [0, 0.1) is 11.3 Å². The van der Waals surface area contributed by atoms with E-state index in [9.17, 15) is 39.9 Å². The monoisotopic (exact) mass is 558 g/mol. The van der Waals surface area contributed by atoms with Gasteiger partial charge in [-0.1, -0.05) is 11.6 Å². The topological polar surface area (TPSA) is 88.5 Å². The van der Waals surface area contributed by atoms with Crippen LogP contribution < -0.4 is 5.32 Å². The van der Waals surface area contributed by atoms with Gasteiger partial charge in [0.1, 0.15) is 15.4 Å². The SMILES string of the molecule is Cn1nc(C(F)(F)C(F)(F)F)c(C(F)(F)F)c1-n1cc(-c2cc(C(=O)NC3(C#N)CC3)c(Cl)s2)cn1. The maximum absolute atomic E-state index is 13.9. The Balaban J connectivity index is 1.74. The summed E-state index contributed by atoms with van der Waals surface area (Å²) in [6.07, 6.45) is -9.12. The van der Waals surface area contributed by atoms with E-state index < -0.39 is 46.8 Å². The van der Waals surface area contributed by atoms with Crippen molar-refractivity contribution in [3.63, 3.8) is 0 Å². The van der Waals surface area contributed by atoms with E-state index in [1.165, 1.54) is 6.07 Å². The lowest BCUT2D eigenvalue weighted by atomic mass is 10.1. The van der Waals surface area contributed by atoms with Crippen LogP contribution in [0.1, 0.15) is 34.5 Å². The van der Waals surface area contributed by atoms with Crippen molar-refractivity contribution >= 4 is 28.8 Å². The second-order valence-electron chi connectivity index (χ2n) is 7.86. The van der Waals surface area contributed by atoms with Crippen LogP contribution in [0.25, 0.3) is 16.3 Å². The predicted molar refractivity (Wildman–Crippen MR) is 109 cm³/mol. The molecular formula is C19H11ClF8N6OS. The number of carbonyl (C=O) groups is 1. The van der Waals surface area contributed by atoms with Gasteiger partial charge >= 0.3 is 18.3 Å². The first-order valence-corrected chi connectivity index (χ1v) is 10.9. The molecule has 0 spiro atoms. The van der Waals surface area contributed by atoms with E-state index in [0.717, 1.165) is 30.8 Å². The molecule has 17 heteroatoms. The molecule has 0 bridgehead atoms. The van der Waals surface area contributed by atoms with Crippen LogP contribution in [0.15, 0.2) is 18.5 Å². The van der Waals surface area contributed by atoms with Gasteiger partial charge in [0.25, 0.3) is 5.91 Å². The summed E-state index contributed by atoms with van der Waals surface area (Å²) >= 11 is 6.95. The molecule has 0 aliphatic heterocycles. The molecule has 3 heterocycles. The molecule has 36 heavy (non-hydrogen) atoms. The Morgan fingerprint density at radius 1 is 1.22 bits per heavy atom. The summed E-state index contributed by atoms with van der Waals surface area (Å²) in [6, 6.07) is 3.25. The van der Waals surface area contributed by atoms with Crippen molar-refractivity contribution in [3.05, 3.63) is 39.6 Å². The fourth-order valence-electron chi connectivity index (χ4n) is 3.30. The fourth-order valence-corrected chi connectivity index (χ4v) is 4.54. The van der Waals surface area contributed by atoms with E-state index in [1.54, 1.807) is 0 Å². The molecule has 0 atom stereocenters.